The van der Waals surface area contributed by atoms with Crippen LogP contribution in [0.4, 0.5) is 5.69 Å². The lowest BCUT2D eigenvalue weighted by Crippen LogP contribution is -2.24. The second kappa shape index (κ2) is 10.1. The monoisotopic (exact) mass is 487 g/mol. The molecule has 0 radical (unpaired) electrons. The van der Waals surface area contributed by atoms with E-state index in [9.17, 15) is 19.1 Å². The van der Waals surface area contributed by atoms with Crippen LogP contribution in [0.5, 0.6) is 0 Å². The number of carbonyl (C=O) groups excluding carboxylic acids is 1. The molecule has 0 spiro atoms. The Morgan fingerprint density at radius 2 is 1.73 bits per heavy atom. The highest BCUT2D eigenvalue weighted by Crippen LogP contribution is 2.60. The average molecular weight is 488 g/mol. The Kier molecular flexibility index (Phi) is 7.60. The van der Waals surface area contributed by atoms with E-state index in [1.54, 1.807) is 67.2 Å². The molecule has 3 N–H and O–H groups in total. The first-order valence-corrected chi connectivity index (χ1v) is 12.5. The zero-order valence-corrected chi connectivity index (χ0v) is 20.3. The molecule has 0 atom stereocenters. The van der Waals surface area contributed by atoms with Crippen molar-refractivity contribution in [2.45, 2.75) is 31.8 Å². The molecule has 0 fully saturated rings. The van der Waals surface area contributed by atoms with Crippen molar-refractivity contribution < 1.29 is 19.1 Å². The van der Waals surface area contributed by atoms with E-state index < -0.39 is 12.8 Å². The van der Waals surface area contributed by atoms with Crippen LogP contribution in [0.1, 0.15) is 37.8 Å². The lowest BCUT2D eigenvalue weighted by atomic mass is 9.92. The van der Waals surface area contributed by atoms with Crippen molar-refractivity contribution in [2.24, 2.45) is 7.05 Å². The summed E-state index contributed by atoms with van der Waals surface area (Å²) < 4.78 is 13.9. The Hall–Kier alpha value is -2.70. The quantitative estimate of drug-likeness (QED) is 0.284. The fourth-order valence-electron chi connectivity index (χ4n) is 3.99. The van der Waals surface area contributed by atoms with Gasteiger partial charge in [0.25, 0.3) is 0 Å². The molecule has 33 heavy (non-hydrogen) atoms. The van der Waals surface area contributed by atoms with Crippen molar-refractivity contribution in [1.82, 2.24) is 9.78 Å². The standard InChI is InChI=1S/C24H27ClN3O4P/c1-4-24(5-2,33(30,31)32)19-9-13-21(14-10-19)27-22(29)15-8-18-16-26-28(3)23(18)17-6-11-20(25)12-7-17/h6-16H,4-5H2,1-3H3,(H,27,29)(H2,30,31,32). The topological polar surface area (TPSA) is 104 Å². The van der Waals surface area contributed by atoms with E-state index in [2.05, 4.69) is 10.4 Å². The summed E-state index contributed by atoms with van der Waals surface area (Å²) in [6, 6.07) is 14.0. The van der Waals surface area contributed by atoms with Crippen LogP contribution in [0.25, 0.3) is 17.3 Å². The number of carbonyl (C=O) groups is 1. The van der Waals surface area contributed by atoms with E-state index >= 15 is 0 Å². The molecule has 1 amide bonds. The molecule has 0 unspecified atom stereocenters. The Morgan fingerprint density at radius 1 is 1.12 bits per heavy atom. The average Bonchev–Trinajstić information content (AvgIpc) is 3.14. The molecule has 1 aromatic heterocycles. The van der Waals surface area contributed by atoms with Crippen LogP contribution < -0.4 is 5.32 Å². The van der Waals surface area contributed by atoms with Gasteiger partial charge in [0.1, 0.15) is 0 Å². The predicted octanol–water partition coefficient (Wildman–Crippen LogP) is 5.59. The van der Waals surface area contributed by atoms with Gasteiger partial charge in [-0.1, -0.05) is 49.7 Å². The number of anilines is 1. The zero-order valence-electron chi connectivity index (χ0n) is 18.7. The molecule has 0 bridgehead atoms. The summed E-state index contributed by atoms with van der Waals surface area (Å²) in [5.41, 5.74) is 3.65. The fourth-order valence-corrected chi connectivity index (χ4v) is 5.42. The van der Waals surface area contributed by atoms with Crippen molar-refractivity contribution in [1.29, 1.82) is 0 Å². The molecular formula is C24H27ClN3O4P. The maximum absolute atomic E-state index is 12.5. The molecule has 0 aliphatic rings. The van der Waals surface area contributed by atoms with Gasteiger partial charge in [0.2, 0.25) is 5.91 Å². The number of nitrogens with zero attached hydrogens (tertiary/aromatic N) is 2. The van der Waals surface area contributed by atoms with Crippen LogP contribution in [0, 0.1) is 0 Å². The third-order valence-electron chi connectivity index (χ3n) is 5.92. The minimum atomic E-state index is -4.36. The lowest BCUT2D eigenvalue weighted by Gasteiger charge is -2.33. The molecule has 1 heterocycles. The number of amides is 1. The van der Waals surface area contributed by atoms with Gasteiger partial charge >= 0.3 is 7.60 Å². The van der Waals surface area contributed by atoms with Gasteiger partial charge in [0.15, 0.2) is 0 Å². The van der Waals surface area contributed by atoms with E-state index in [1.165, 1.54) is 6.08 Å². The Balaban J connectivity index is 1.76. The van der Waals surface area contributed by atoms with Crippen LogP contribution in [-0.2, 0) is 21.6 Å². The molecule has 174 valence electrons. The fraction of sp³-hybridized carbons (Fsp3) is 0.250. The van der Waals surface area contributed by atoms with E-state index in [-0.39, 0.29) is 5.91 Å². The first-order chi connectivity index (χ1) is 15.6. The second-order valence-electron chi connectivity index (χ2n) is 7.76. The predicted molar refractivity (Wildman–Crippen MR) is 132 cm³/mol. The third-order valence-corrected chi connectivity index (χ3v) is 8.17. The molecule has 0 aliphatic heterocycles. The van der Waals surface area contributed by atoms with Gasteiger partial charge in [-0.15, -0.1) is 0 Å². The molecule has 3 aromatic rings. The van der Waals surface area contributed by atoms with Gasteiger partial charge in [0, 0.05) is 35.0 Å². The highest BCUT2D eigenvalue weighted by molar-refractivity contribution is 7.53. The number of halogens is 1. The van der Waals surface area contributed by atoms with Gasteiger partial charge in [-0.3, -0.25) is 14.0 Å². The minimum Gasteiger partial charge on any atom is -0.324 e. The van der Waals surface area contributed by atoms with Crippen molar-refractivity contribution in [3.05, 3.63) is 77.0 Å². The summed E-state index contributed by atoms with van der Waals surface area (Å²) in [5.74, 6) is -0.333. The maximum atomic E-state index is 12.5. The lowest BCUT2D eigenvalue weighted by molar-refractivity contribution is -0.111. The smallest absolute Gasteiger partial charge is 0.324 e. The Labute approximate surface area is 198 Å². The third kappa shape index (κ3) is 5.28. The van der Waals surface area contributed by atoms with Gasteiger partial charge in [0.05, 0.1) is 17.0 Å². The van der Waals surface area contributed by atoms with E-state index in [1.807, 2.05) is 19.2 Å². The van der Waals surface area contributed by atoms with E-state index in [4.69, 9.17) is 11.6 Å². The number of hydrogen-bond acceptors (Lipinski definition) is 3. The number of rotatable bonds is 8. The van der Waals surface area contributed by atoms with Gasteiger partial charge in [-0.25, -0.2) is 0 Å². The van der Waals surface area contributed by atoms with Crippen LogP contribution >= 0.6 is 19.2 Å². The number of aryl methyl sites for hydroxylation is 1. The molecule has 2 aromatic carbocycles. The number of hydrogen-bond donors (Lipinski definition) is 3. The van der Waals surface area contributed by atoms with Crippen molar-refractivity contribution in [3.8, 4) is 11.3 Å². The van der Waals surface area contributed by atoms with Gasteiger partial charge < -0.3 is 15.1 Å². The van der Waals surface area contributed by atoms with Crippen LogP contribution in [-0.4, -0.2) is 25.5 Å². The number of benzene rings is 2. The molecule has 3 rings (SSSR count). The summed E-state index contributed by atoms with van der Waals surface area (Å²) in [7, 11) is -2.53. The highest BCUT2D eigenvalue weighted by Gasteiger charge is 2.45. The summed E-state index contributed by atoms with van der Waals surface area (Å²) in [5, 5.41) is 6.47. The normalized spacial score (nSPS) is 12.3. The SMILES string of the molecule is CCC(CC)(c1ccc(NC(=O)C=Cc2cnn(C)c2-c2ccc(Cl)cc2)cc1)P(=O)(O)O. The summed E-state index contributed by atoms with van der Waals surface area (Å²) in [6.07, 6.45) is 5.40. The van der Waals surface area contributed by atoms with E-state index in [0.29, 0.717) is 29.1 Å². The number of nitrogens with one attached hydrogen (secondary N) is 1. The highest BCUT2D eigenvalue weighted by atomic mass is 35.5. The van der Waals surface area contributed by atoms with Crippen LogP contribution in [0.2, 0.25) is 5.02 Å². The Morgan fingerprint density at radius 3 is 2.27 bits per heavy atom. The van der Waals surface area contributed by atoms with E-state index in [0.717, 1.165) is 16.8 Å². The van der Waals surface area contributed by atoms with Gasteiger partial charge in [-0.05, 0) is 48.7 Å². The van der Waals surface area contributed by atoms with Crippen molar-refractivity contribution >= 4 is 36.9 Å². The molecule has 0 saturated heterocycles. The molecule has 9 heteroatoms. The number of aromatic nitrogens is 2. The minimum absolute atomic E-state index is 0.309. The molecular weight excluding hydrogens is 461 g/mol. The second-order valence-corrected chi connectivity index (χ2v) is 10.1. The summed E-state index contributed by atoms with van der Waals surface area (Å²) in [6.45, 7) is 3.53. The van der Waals surface area contributed by atoms with Crippen LogP contribution in [0.3, 0.4) is 0 Å². The van der Waals surface area contributed by atoms with Crippen molar-refractivity contribution in [2.75, 3.05) is 5.32 Å². The molecule has 0 saturated carbocycles. The van der Waals surface area contributed by atoms with Crippen LogP contribution in [0.15, 0.2) is 60.8 Å². The largest absolute Gasteiger partial charge is 0.335 e. The maximum Gasteiger partial charge on any atom is 0.335 e. The summed E-state index contributed by atoms with van der Waals surface area (Å²) >= 11 is 5.98. The van der Waals surface area contributed by atoms with Crippen molar-refractivity contribution in [3.63, 3.8) is 0 Å². The van der Waals surface area contributed by atoms with Gasteiger partial charge in [-0.2, -0.15) is 5.10 Å². The summed E-state index contributed by atoms with van der Waals surface area (Å²) in [4.78, 5) is 32.3. The molecule has 7 nitrogen and oxygen atoms in total. The first kappa shape index (κ1) is 24.9. The Bertz CT molecular complexity index is 1190. The molecule has 0 aliphatic carbocycles. The first-order valence-electron chi connectivity index (χ1n) is 10.5. The zero-order chi connectivity index (χ0) is 24.2.